The average molecular weight is 307 g/mol. The molecule has 110 valence electrons. The minimum atomic E-state index is -0.535. The second-order valence-electron chi connectivity index (χ2n) is 4.14. The Balaban J connectivity index is 2.14. The van der Waals surface area contributed by atoms with Gasteiger partial charge in [0.05, 0.1) is 28.8 Å². The molecule has 2 rings (SSSR count). The summed E-state index contributed by atoms with van der Waals surface area (Å²) in [7, 11) is 1.26. The number of carbonyl (C=O) groups excluding carboxylic acids is 1. The number of nitro groups is 1. The maximum Gasteiger partial charge on any atom is 0.337 e. The van der Waals surface area contributed by atoms with Crippen molar-refractivity contribution >= 4 is 28.7 Å². The maximum absolute atomic E-state index is 11.5. The molecule has 0 radical (unpaired) electrons. The highest BCUT2D eigenvalue weighted by Crippen LogP contribution is 2.25. The smallest absolute Gasteiger partial charge is 0.337 e. The topological polar surface area (TPSA) is 94.4 Å². The summed E-state index contributed by atoms with van der Waals surface area (Å²) in [5, 5.41) is 15.9. The van der Waals surface area contributed by atoms with Crippen LogP contribution in [0.3, 0.4) is 0 Å². The van der Waals surface area contributed by atoms with E-state index in [2.05, 4.69) is 15.0 Å². The van der Waals surface area contributed by atoms with Crippen LogP contribution in [0.1, 0.15) is 16.1 Å². The van der Waals surface area contributed by atoms with Crippen molar-refractivity contribution in [1.29, 1.82) is 0 Å². The molecule has 0 aliphatic carbocycles. The van der Waals surface area contributed by atoms with E-state index in [0.717, 1.165) is 5.69 Å². The molecule has 0 spiro atoms. The molecule has 0 saturated heterocycles. The van der Waals surface area contributed by atoms with Crippen molar-refractivity contribution in [2.45, 2.75) is 6.42 Å². The van der Waals surface area contributed by atoms with E-state index >= 15 is 0 Å². The van der Waals surface area contributed by atoms with Gasteiger partial charge in [-0.25, -0.2) is 9.78 Å². The number of carbonyl (C=O) groups is 1. The van der Waals surface area contributed by atoms with E-state index in [1.165, 1.54) is 36.6 Å². The van der Waals surface area contributed by atoms with E-state index in [1.54, 1.807) is 5.51 Å². The SMILES string of the molecule is COC(=O)c1ccc([N+](=O)[O-])c(NCCc2cscn2)c1. The summed E-state index contributed by atoms with van der Waals surface area (Å²) in [6.45, 7) is 0.481. The van der Waals surface area contributed by atoms with Gasteiger partial charge in [0.25, 0.3) is 5.69 Å². The predicted molar refractivity (Wildman–Crippen MR) is 78.7 cm³/mol. The van der Waals surface area contributed by atoms with Gasteiger partial charge in [0.15, 0.2) is 0 Å². The molecule has 1 aromatic carbocycles. The lowest BCUT2D eigenvalue weighted by Crippen LogP contribution is -2.09. The quantitative estimate of drug-likeness (QED) is 0.500. The fraction of sp³-hybridized carbons (Fsp3) is 0.231. The number of thiazole rings is 1. The lowest BCUT2D eigenvalue weighted by atomic mass is 10.1. The van der Waals surface area contributed by atoms with E-state index in [0.29, 0.717) is 13.0 Å². The van der Waals surface area contributed by atoms with Crippen LogP contribution >= 0.6 is 11.3 Å². The summed E-state index contributed by atoms with van der Waals surface area (Å²) in [6.07, 6.45) is 0.642. The zero-order valence-corrected chi connectivity index (χ0v) is 12.1. The lowest BCUT2D eigenvalue weighted by molar-refractivity contribution is -0.384. The number of nitrogens with zero attached hydrogens (tertiary/aromatic N) is 2. The third kappa shape index (κ3) is 3.76. The molecule has 1 aromatic heterocycles. The number of hydrogen-bond donors (Lipinski definition) is 1. The number of nitro benzene ring substituents is 1. The monoisotopic (exact) mass is 307 g/mol. The maximum atomic E-state index is 11.5. The zero-order chi connectivity index (χ0) is 15.2. The molecule has 0 unspecified atom stereocenters. The second-order valence-corrected chi connectivity index (χ2v) is 4.86. The van der Waals surface area contributed by atoms with Crippen molar-refractivity contribution in [1.82, 2.24) is 4.98 Å². The molecular weight excluding hydrogens is 294 g/mol. The van der Waals surface area contributed by atoms with Gasteiger partial charge in [0, 0.05) is 24.4 Å². The minimum Gasteiger partial charge on any atom is -0.465 e. The highest BCUT2D eigenvalue weighted by Gasteiger charge is 2.16. The molecule has 0 fully saturated rings. The molecule has 0 aliphatic heterocycles. The number of methoxy groups -OCH3 is 1. The molecule has 7 nitrogen and oxygen atoms in total. The lowest BCUT2D eigenvalue weighted by Gasteiger charge is -2.08. The minimum absolute atomic E-state index is 0.0825. The van der Waals surface area contributed by atoms with Crippen molar-refractivity contribution in [3.05, 3.63) is 50.5 Å². The molecule has 1 heterocycles. The Morgan fingerprint density at radius 2 is 2.33 bits per heavy atom. The number of ether oxygens (including phenoxy) is 1. The van der Waals surface area contributed by atoms with Gasteiger partial charge in [0.2, 0.25) is 0 Å². The third-order valence-corrected chi connectivity index (χ3v) is 3.43. The highest BCUT2D eigenvalue weighted by molar-refractivity contribution is 7.07. The van der Waals surface area contributed by atoms with Gasteiger partial charge >= 0.3 is 5.97 Å². The Morgan fingerprint density at radius 3 is 2.95 bits per heavy atom. The molecule has 8 heteroatoms. The average Bonchev–Trinajstić information content (AvgIpc) is 2.99. The molecule has 2 aromatic rings. The van der Waals surface area contributed by atoms with Crippen molar-refractivity contribution < 1.29 is 14.5 Å². The van der Waals surface area contributed by atoms with Gasteiger partial charge < -0.3 is 10.1 Å². The van der Waals surface area contributed by atoms with E-state index < -0.39 is 10.9 Å². The van der Waals surface area contributed by atoms with E-state index in [1.807, 2.05) is 5.38 Å². The van der Waals surface area contributed by atoms with Crippen LogP contribution in [0, 0.1) is 10.1 Å². The van der Waals surface area contributed by atoms with E-state index in [-0.39, 0.29) is 16.9 Å². The molecule has 1 N–H and O–H groups in total. The second kappa shape index (κ2) is 6.80. The van der Waals surface area contributed by atoms with Crippen LogP contribution in [0.15, 0.2) is 29.1 Å². The summed E-state index contributed by atoms with van der Waals surface area (Å²) in [6, 6.07) is 4.08. The van der Waals surface area contributed by atoms with Gasteiger partial charge in [-0.3, -0.25) is 10.1 Å². The Hall–Kier alpha value is -2.48. The predicted octanol–water partition coefficient (Wildman–Crippen LogP) is 2.49. The number of nitrogens with one attached hydrogen (secondary N) is 1. The molecule has 21 heavy (non-hydrogen) atoms. The van der Waals surface area contributed by atoms with Crippen LogP contribution in [0.2, 0.25) is 0 Å². The summed E-state index contributed by atoms with van der Waals surface area (Å²) in [5.74, 6) is -0.535. The molecule has 0 aliphatic rings. The first kappa shape index (κ1) is 14.9. The van der Waals surface area contributed by atoms with Crippen molar-refractivity contribution in [3.8, 4) is 0 Å². The third-order valence-electron chi connectivity index (χ3n) is 2.79. The number of aromatic nitrogens is 1. The van der Waals surface area contributed by atoms with Crippen molar-refractivity contribution in [2.75, 3.05) is 19.0 Å². The fourth-order valence-corrected chi connectivity index (χ4v) is 2.36. The van der Waals surface area contributed by atoms with Crippen LogP contribution in [-0.4, -0.2) is 29.5 Å². The van der Waals surface area contributed by atoms with Crippen LogP contribution in [0.5, 0.6) is 0 Å². The molecule has 0 bridgehead atoms. The Kier molecular flexibility index (Phi) is 4.83. The Morgan fingerprint density at radius 1 is 1.52 bits per heavy atom. The van der Waals surface area contributed by atoms with Gasteiger partial charge in [-0.05, 0) is 12.1 Å². The molecule has 0 saturated carbocycles. The molecular formula is C13H13N3O4S. The number of rotatable bonds is 6. The van der Waals surface area contributed by atoms with Crippen LogP contribution in [0.25, 0.3) is 0 Å². The highest BCUT2D eigenvalue weighted by atomic mass is 32.1. The van der Waals surface area contributed by atoms with Crippen molar-refractivity contribution in [3.63, 3.8) is 0 Å². The summed E-state index contributed by atoms with van der Waals surface area (Å²) >= 11 is 1.49. The molecule has 0 amide bonds. The van der Waals surface area contributed by atoms with Gasteiger partial charge in [0.1, 0.15) is 5.69 Å². The van der Waals surface area contributed by atoms with E-state index in [4.69, 9.17) is 0 Å². The number of hydrogen-bond acceptors (Lipinski definition) is 7. The Bertz CT molecular complexity index is 643. The van der Waals surface area contributed by atoms with Gasteiger partial charge in [-0.15, -0.1) is 11.3 Å². The van der Waals surface area contributed by atoms with E-state index in [9.17, 15) is 14.9 Å². The molecule has 0 atom stereocenters. The van der Waals surface area contributed by atoms with Crippen molar-refractivity contribution in [2.24, 2.45) is 0 Å². The summed E-state index contributed by atoms with van der Waals surface area (Å²) in [5.41, 5.74) is 3.12. The zero-order valence-electron chi connectivity index (χ0n) is 11.2. The van der Waals surface area contributed by atoms with Crippen LogP contribution < -0.4 is 5.32 Å². The van der Waals surface area contributed by atoms with Crippen LogP contribution in [-0.2, 0) is 11.2 Å². The Labute approximate surface area is 124 Å². The first-order chi connectivity index (χ1) is 10.1. The fourth-order valence-electron chi connectivity index (χ4n) is 1.77. The first-order valence-corrected chi connectivity index (χ1v) is 7.04. The normalized spacial score (nSPS) is 10.1. The first-order valence-electron chi connectivity index (χ1n) is 6.09. The number of anilines is 1. The van der Waals surface area contributed by atoms with Gasteiger partial charge in [-0.2, -0.15) is 0 Å². The number of benzene rings is 1. The largest absolute Gasteiger partial charge is 0.465 e. The van der Waals surface area contributed by atoms with Gasteiger partial charge in [-0.1, -0.05) is 0 Å². The summed E-state index contributed by atoms with van der Waals surface area (Å²) < 4.78 is 4.61. The standard InChI is InChI=1S/C13H13N3O4S/c1-20-13(17)9-2-3-12(16(18)19)11(6-9)14-5-4-10-7-21-8-15-10/h2-3,6-8,14H,4-5H2,1H3. The summed E-state index contributed by atoms with van der Waals surface area (Å²) in [4.78, 5) is 26.1. The van der Waals surface area contributed by atoms with Crippen LogP contribution in [0.4, 0.5) is 11.4 Å². The number of esters is 1.